The van der Waals surface area contributed by atoms with Gasteiger partial charge in [-0.1, -0.05) is 19.8 Å². The Morgan fingerprint density at radius 3 is 2.41 bits per heavy atom. The van der Waals surface area contributed by atoms with Gasteiger partial charge in [-0.3, -0.25) is 4.79 Å². The highest BCUT2D eigenvalue weighted by Gasteiger charge is 2.36. The van der Waals surface area contributed by atoms with E-state index in [1.54, 1.807) is 0 Å². The molecule has 1 amide bonds. The molecular formula is C14H24ClNO. The van der Waals surface area contributed by atoms with Gasteiger partial charge in [0.25, 0.3) is 0 Å². The number of carbonyl (C=O) groups is 1. The van der Waals surface area contributed by atoms with Gasteiger partial charge in [0.05, 0.1) is 0 Å². The van der Waals surface area contributed by atoms with Crippen LogP contribution in [0.2, 0.25) is 0 Å². The van der Waals surface area contributed by atoms with Crippen molar-refractivity contribution in [2.75, 3.05) is 6.54 Å². The lowest BCUT2D eigenvalue weighted by molar-refractivity contribution is -0.130. The van der Waals surface area contributed by atoms with Gasteiger partial charge in [-0.15, -0.1) is 11.6 Å². The molecule has 0 saturated heterocycles. The molecular weight excluding hydrogens is 234 g/mol. The molecule has 2 aliphatic rings. The molecule has 1 N–H and O–H groups in total. The average Bonchev–Trinajstić information content (AvgIpc) is 2.76. The van der Waals surface area contributed by atoms with Crippen molar-refractivity contribution in [3.63, 3.8) is 0 Å². The van der Waals surface area contributed by atoms with Crippen LogP contribution in [0.3, 0.4) is 0 Å². The van der Waals surface area contributed by atoms with Gasteiger partial charge in [0, 0.05) is 17.3 Å². The Balaban J connectivity index is 1.72. The van der Waals surface area contributed by atoms with Crippen molar-refractivity contribution in [3.8, 4) is 0 Å². The van der Waals surface area contributed by atoms with Crippen LogP contribution in [0.1, 0.15) is 58.3 Å². The van der Waals surface area contributed by atoms with Crippen molar-refractivity contribution >= 4 is 17.5 Å². The van der Waals surface area contributed by atoms with Gasteiger partial charge < -0.3 is 5.32 Å². The molecule has 2 fully saturated rings. The van der Waals surface area contributed by atoms with Crippen molar-refractivity contribution in [2.24, 2.45) is 11.3 Å². The highest BCUT2D eigenvalue weighted by molar-refractivity contribution is 6.20. The predicted molar refractivity (Wildman–Crippen MR) is 71.2 cm³/mol. The normalized spacial score (nSPS) is 32.4. The number of hydrogen-bond donors (Lipinski definition) is 1. The second-order valence-corrected chi connectivity index (χ2v) is 6.71. The van der Waals surface area contributed by atoms with E-state index in [9.17, 15) is 4.79 Å². The summed E-state index contributed by atoms with van der Waals surface area (Å²) in [4.78, 5) is 12.1. The fourth-order valence-corrected chi connectivity index (χ4v) is 3.41. The highest BCUT2D eigenvalue weighted by Crippen LogP contribution is 2.37. The Hall–Kier alpha value is -0.240. The van der Waals surface area contributed by atoms with Crippen LogP contribution in [0.25, 0.3) is 0 Å². The zero-order valence-electron chi connectivity index (χ0n) is 10.8. The van der Waals surface area contributed by atoms with E-state index < -0.39 is 0 Å². The lowest BCUT2D eigenvalue weighted by Crippen LogP contribution is -2.40. The van der Waals surface area contributed by atoms with E-state index in [0.717, 1.165) is 32.2 Å². The van der Waals surface area contributed by atoms with Gasteiger partial charge in [0.15, 0.2) is 0 Å². The first-order chi connectivity index (χ1) is 8.10. The summed E-state index contributed by atoms with van der Waals surface area (Å²) in [6.45, 7) is 2.98. The summed E-state index contributed by atoms with van der Waals surface area (Å²) in [7, 11) is 0. The van der Waals surface area contributed by atoms with E-state index in [1.807, 2.05) is 0 Å². The van der Waals surface area contributed by atoms with Crippen LogP contribution in [-0.4, -0.2) is 17.8 Å². The molecule has 0 aromatic carbocycles. The maximum absolute atomic E-state index is 12.1. The molecule has 0 bridgehead atoms. The Morgan fingerprint density at radius 1 is 1.24 bits per heavy atom. The van der Waals surface area contributed by atoms with Crippen molar-refractivity contribution < 1.29 is 4.79 Å². The van der Waals surface area contributed by atoms with Gasteiger partial charge in [0.2, 0.25) is 5.91 Å². The monoisotopic (exact) mass is 257 g/mol. The predicted octanol–water partition coefficient (Wildman–Crippen LogP) is 3.48. The molecule has 0 aliphatic heterocycles. The molecule has 0 spiro atoms. The van der Waals surface area contributed by atoms with E-state index in [2.05, 4.69) is 12.2 Å². The maximum atomic E-state index is 12.1. The van der Waals surface area contributed by atoms with Crippen molar-refractivity contribution in [3.05, 3.63) is 0 Å². The van der Waals surface area contributed by atoms with Crippen molar-refractivity contribution in [2.45, 2.75) is 63.7 Å². The van der Waals surface area contributed by atoms with Crippen LogP contribution in [-0.2, 0) is 4.79 Å². The zero-order valence-corrected chi connectivity index (χ0v) is 11.6. The third-order valence-electron chi connectivity index (χ3n) is 4.58. The van der Waals surface area contributed by atoms with Crippen LogP contribution >= 0.6 is 11.6 Å². The highest BCUT2D eigenvalue weighted by atomic mass is 35.5. The number of rotatable bonds is 3. The minimum absolute atomic E-state index is 0.0797. The maximum Gasteiger partial charge on any atom is 0.225 e. The van der Waals surface area contributed by atoms with Gasteiger partial charge in [-0.2, -0.15) is 0 Å². The molecule has 98 valence electrons. The van der Waals surface area contributed by atoms with Crippen LogP contribution in [0.15, 0.2) is 0 Å². The lowest BCUT2D eigenvalue weighted by Gasteiger charge is -2.28. The largest absolute Gasteiger partial charge is 0.355 e. The third-order valence-corrected chi connectivity index (χ3v) is 5.02. The standard InChI is InChI=1S/C14H24ClNO/c1-14(8-2-3-9-14)13(17)16-10-11-4-6-12(15)7-5-11/h11-12H,2-10H2,1H3,(H,16,17). The molecule has 0 unspecified atom stereocenters. The van der Waals surface area contributed by atoms with E-state index in [-0.39, 0.29) is 11.3 Å². The second-order valence-electron chi connectivity index (χ2n) is 6.10. The average molecular weight is 258 g/mol. The lowest BCUT2D eigenvalue weighted by atomic mass is 9.86. The summed E-state index contributed by atoms with van der Waals surface area (Å²) in [5, 5.41) is 3.54. The summed E-state index contributed by atoms with van der Waals surface area (Å²) < 4.78 is 0. The fourth-order valence-electron chi connectivity index (χ4n) is 3.16. The third kappa shape index (κ3) is 3.37. The summed E-state index contributed by atoms with van der Waals surface area (Å²) >= 11 is 6.08. The van der Waals surface area contributed by atoms with Gasteiger partial charge in [0.1, 0.15) is 0 Å². The second kappa shape index (κ2) is 5.60. The molecule has 2 nitrogen and oxygen atoms in total. The van der Waals surface area contributed by atoms with Crippen LogP contribution in [0.5, 0.6) is 0 Å². The zero-order chi connectivity index (χ0) is 12.3. The molecule has 0 aromatic rings. The molecule has 3 heteroatoms. The van der Waals surface area contributed by atoms with Crippen molar-refractivity contribution in [1.82, 2.24) is 5.32 Å². The van der Waals surface area contributed by atoms with Crippen LogP contribution in [0.4, 0.5) is 0 Å². The molecule has 2 rings (SSSR count). The summed E-state index contributed by atoms with van der Waals surface area (Å²) in [5.41, 5.74) is -0.0797. The molecule has 2 aliphatic carbocycles. The molecule has 0 heterocycles. The Kier molecular flexibility index (Phi) is 4.35. The minimum atomic E-state index is -0.0797. The number of nitrogens with one attached hydrogen (secondary N) is 1. The van der Waals surface area contributed by atoms with Gasteiger partial charge in [-0.05, 0) is 44.4 Å². The summed E-state index contributed by atoms with van der Waals surface area (Å²) in [5.74, 6) is 0.932. The van der Waals surface area contributed by atoms with E-state index in [0.29, 0.717) is 11.3 Å². The first kappa shape index (κ1) is 13.2. The SMILES string of the molecule is CC1(C(=O)NCC2CCC(Cl)CC2)CCCC1. The molecule has 0 aromatic heterocycles. The van der Waals surface area contributed by atoms with Crippen LogP contribution < -0.4 is 5.32 Å². The minimum Gasteiger partial charge on any atom is -0.355 e. The smallest absolute Gasteiger partial charge is 0.225 e. The number of carbonyl (C=O) groups excluding carboxylic acids is 1. The Bertz CT molecular complexity index is 265. The summed E-state index contributed by atoms with van der Waals surface area (Å²) in [6, 6.07) is 0. The topological polar surface area (TPSA) is 29.1 Å². The first-order valence-corrected chi connectivity index (χ1v) is 7.46. The molecule has 0 radical (unpaired) electrons. The molecule has 17 heavy (non-hydrogen) atoms. The number of amides is 1. The molecule has 0 atom stereocenters. The van der Waals surface area contributed by atoms with Gasteiger partial charge in [-0.25, -0.2) is 0 Å². The number of halogens is 1. The summed E-state index contributed by atoms with van der Waals surface area (Å²) in [6.07, 6.45) is 9.11. The Labute approximate surface area is 109 Å². The fraction of sp³-hybridized carbons (Fsp3) is 0.929. The van der Waals surface area contributed by atoms with E-state index in [4.69, 9.17) is 11.6 Å². The van der Waals surface area contributed by atoms with Crippen LogP contribution in [0, 0.1) is 11.3 Å². The number of alkyl halides is 1. The molecule has 2 saturated carbocycles. The number of hydrogen-bond acceptors (Lipinski definition) is 1. The van der Waals surface area contributed by atoms with Gasteiger partial charge >= 0.3 is 0 Å². The quantitative estimate of drug-likeness (QED) is 0.771. The van der Waals surface area contributed by atoms with Crippen molar-refractivity contribution in [1.29, 1.82) is 0 Å². The van der Waals surface area contributed by atoms with E-state index in [1.165, 1.54) is 25.7 Å². The Morgan fingerprint density at radius 2 is 1.82 bits per heavy atom. The first-order valence-electron chi connectivity index (χ1n) is 7.02. The van der Waals surface area contributed by atoms with E-state index >= 15 is 0 Å².